The van der Waals surface area contributed by atoms with Crippen molar-refractivity contribution in [3.8, 4) is 0 Å². The van der Waals surface area contributed by atoms with Gasteiger partial charge in [-0.05, 0) is 42.7 Å². The van der Waals surface area contributed by atoms with Crippen molar-refractivity contribution in [2.24, 2.45) is 4.99 Å². The molecule has 146 valence electrons. The van der Waals surface area contributed by atoms with Gasteiger partial charge in [0.05, 0.1) is 6.54 Å². The smallest absolute Gasteiger partial charge is 0.221 e. The number of hydrogen-bond donors (Lipinski definition) is 4. The molecule has 0 aliphatic rings. The number of fused-ring (bicyclic) bond motifs is 1. The predicted molar refractivity (Wildman–Crippen MR) is 116 cm³/mol. The number of aromatic amines is 1. The number of benzene rings is 2. The van der Waals surface area contributed by atoms with E-state index in [4.69, 9.17) is 0 Å². The van der Waals surface area contributed by atoms with Crippen LogP contribution < -0.4 is 16.0 Å². The number of para-hydroxylation sites is 1. The van der Waals surface area contributed by atoms with Crippen molar-refractivity contribution in [1.29, 1.82) is 0 Å². The average Bonchev–Trinajstić information content (AvgIpc) is 3.09. The van der Waals surface area contributed by atoms with Crippen LogP contribution in [0.15, 0.2) is 59.7 Å². The number of aliphatic imine (C=N–C) groups is 1. The monoisotopic (exact) mass is 377 g/mol. The molecule has 6 heteroatoms. The summed E-state index contributed by atoms with van der Waals surface area (Å²) in [6.07, 6.45) is 2.98. The van der Waals surface area contributed by atoms with Gasteiger partial charge in [0.25, 0.3) is 0 Å². The van der Waals surface area contributed by atoms with E-state index in [0.29, 0.717) is 6.54 Å². The molecule has 6 nitrogen and oxygen atoms in total. The van der Waals surface area contributed by atoms with E-state index < -0.39 is 0 Å². The van der Waals surface area contributed by atoms with E-state index in [1.165, 1.54) is 17.9 Å². The predicted octanol–water partition coefficient (Wildman–Crippen LogP) is 3.42. The normalized spacial score (nSPS) is 11.4. The summed E-state index contributed by atoms with van der Waals surface area (Å²) >= 11 is 0. The number of carbonyl (C=O) groups is 1. The highest BCUT2D eigenvalue weighted by Crippen LogP contribution is 2.17. The van der Waals surface area contributed by atoms with Gasteiger partial charge in [-0.25, -0.2) is 4.99 Å². The number of hydrogen-bond acceptors (Lipinski definition) is 2. The average molecular weight is 377 g/mol. The van der Waals surface area contributed by atoms with E-state index in [9.17, 15) is 4.79 Å². The Morgan fingerprint density at radius 2 is 1.96 bits per heavy atom. The lowest BCUT2D eigenvalue weighted by Crippen LogP contribution is -2.38. The number of carbonyl (C=O) groups excluding carboxylic acids is 1. The second-order valence-corrected chi connectivity index (χ2v) is 6.61. The van der Waals surface area contributed by atoms with Crippen LogP contribution >= 0.6 is 0 Å². The molecule has 0 aliphatic carbocycles. The molecular weight excluding hydrogens is 350 g/mol. The summed E-state index contributed by atoms with van der Waals surface area (Å²) in [5.74, 6) is 0.709. The number of nitrogens with zero attached hydrogens (tertiary/aromatic N) is 1. The Morgan fingerprint density at radius 3 is 2.79 bits per heavy atom. The maximum Gasteiger partial charge on any atom is 0.221 e. The maximum atomic E-state index is 11.2. The van der Waals surface area contributed by atoms with Crippen LogP contribution in [-0.4, -0.2) is 29.9 Å². The highest BCUT2D eigenvalue weighted by Gasteiger charge is 2.04. The zero-order valence-corrected chi connectivity index (χ0v) is 16.4. The Hall–Kier alpha value is -3.28. The summed E-state index contributed by atoms with van der Waals surface area (Å²) in [5.41, 5.74) is 4.29. The number of aromatic nitrogens is 1. The Morgan fingerprint density at radius 1 is 1.11 bits per heavy atom. The van der Waals surface area contributed by atoms with Crippen LogP contribution in [0.2, 0.25) is 0 Å². The minimum Gasteiger partial charge on any atom is -0.361 e. The molecule has 28 heavy (non-hydrogen) atoms. The fourth-order valence-corrected chi connectivity index (χ4v) is 3.12. The highest BCUT2D eigenvalue weighted by atomic mass is 16.1. The third kappa shape index (κ3) is 5.36. The summed E-state index contributed by atoms with van der Waals surface area (Å²) in [7, 11) is 0. The lowest BCUT2D eigenvalue weighted by molar-refractivity contribution is -0.114. The van der Waals surface area contributed by atoms with E-state index in [1.807, 2.05) is 37.3 Å². The Labute approximate surface area is 165 Å². The topological polar surface area (TPSA) is 81.3 Å². The van der Waals surface area contributed by atoms with E-state index in [2.05, 4.69) is 50.3 Å². The molecule has 0 fully saturated rings. The van der Waals surface area contributed by atoms with Gasteiger partial charge < -0.3 is 20.9 Å². The van der Waals surface area contributed by atoms with Gasteiger partial charge in [0.1, 0.15) is 0 Å². The van der Waals surface area contributed by atoms with Gasteiger partial charge >= 0.3 is 0 Å². The molecule has 3 aromatic rings. The van der Waals surface area contributed by atoms with Crippen LogP contribution in [0.4, 0.5) is 5.69 Å². The molecule has 0 atom stereocenters. The van der Waals surface area contributed by atoms with Gasteiger partial charge in [0.2, 0.25) is 5.91 Å². The summed E-state index contributed by atoms with van der Waals surface area (Å²) in [4.78, 5) is 19.2. The van der Waals surface area contributed by atoms with Crippen molar-refractivity contribution in [3.05, 3.63) is 65.9 Å². The third-order valence-electron chi connectivity index (χ3n) is 4.37. The molecule has 4 N–H and O–H groups in total. The van der Waals surface area contributed by atoms with Crippen LogP contribution in [0.1, 0.15) is 25.0 Å². The number of guanidine groups is 1. The number of anilines is 1. The molecule has 3 rings (SSSR count). The molecule has 0 spiro atoms. The number of nitrogens with one attached hydrogen (secondary N) is 4. The van der Waals surface area contributed by atoms with Crippen LogP contribution in [0.5, 0.6) is 0 Å². The number of rotatable bonds is 7. The van der Waals surface area contributed by atoms with Crippen molar-refractivity contribution in [3.63, 3.8) is 0 Å². The van der Waals surface area contributed by atoms with E-state index in [-0.39, 0.29) is 5.91 Å². The molecule has 2 aromatic carbocycles. The quantitative estimate of drug-likeness (QED) is 0.376. The molecule has 1 aromatic heterocycles. The first-order valence-electron chi connectivity index (χ1n) is 9.59. The van der Waals surface area contributed by atoms with Gasteiger partial charge in [-0.3, -0.25) is 4.79 Å². The highest BCUT2D eigenvalue weighted by molar-refractivity contribution is 5.88. The summed E-state index contributed by atoms with van der Waals surface area (Å²) in [6.45, 7) is 5.68. The van der Waals surface area contributed by atoms with Crippen molar-refractivity contribution < 1.29 is 4.79 Å². The first kappa shape index (κ1) is 19.5. The Balaban J connectivity index is 1.59. The van der Waals surface area contributed by atoms with Crippen LogP contribution in [0, 0.1) is 0 Å². The molecule has 0 radical (unpaired) electrons. The van der Waals surface area contributed by atoms with E-state index in [0.717, 1.165) is 42.2 Å². The largest absolute Gasteiger partial charge is 0.361 e. The minimum atomic E-state index is -0.0760. The molecule has 0 unspecified atom stereocenters. The zero-order chi connectivity index (χ0) is 19.8. The lowest BCUT2D eigenvalue weighted by Gasteiger charge is -2.11. The molecule has 1 amide bonds. The number of amides is 1. The molecular formula is C22H27N5O. The summed E-state index contributed by atoms with van der Waals surface area (Å²) < 4.78 is 0. The van der Waals surface area contributed by atoms with Crippen molar-refractivity contribution in [1.82, 2.24) is 15.6 Å². The molecule has 1 heterocycles. The van der Waals surface area contributed by atoms with Gasteiger partial charge in [-0.15, -0.1) is 0 Å². The SMILES string of the molecule is CCNC(=NCc1cccc(NC(C)=O)c1)NCCc1c[nH]c2ccccc12. The van der Waals surface area contributed by atoms with Gasteiger partial charge in [0, 0.05) is 42.8 Å². The second kappa shape index (κ2) is 9.60. The van der Waals surface area contributed by atoms with Crippen LogP contribution in [-0.2, 0) is 17.8 Å². The fourth-order valence-electron chi connectivity index (χ4n) is 3.12. The zero-order valence-electron chi connectivity index (χ0n) is 16.4. The van der Waals surface area contributed by atoms with Crippen molar-refractivity contribution in [2.45, 2.75) is 26.8 Å². The van der Waals surface area contributed by atoms with E-state index in [1.54, 1.807) is 0 Å². The standard InChI is InChI=1S/C22H27N5O/c1-3-23-22(26-14-17-7-6-8-19(13-17)27-16(2)28)24-12-11-18-15-25-21-10-5-4-9-20(18)21/h4-10,13,15,25H,3,11-12,14H2,1-2H3,(H,27,28)(H2,23,24,26). The fraction of sp³-hybridized carbons (Fsp3) is 0.273. The molecule has 0 saturated carbocycles. The Bertz CT molecular complexity index is 960. The first-order valence-corrected chi connectivity index (χ1v) is 9.59. The summed E-state index contributed by atoms with van der Waals surface area (Å²) in [6, 6.07) is 16.1. The third-order valence-corrected chi connectivity index (χ3v) is 4.37. The maximum absolute atomic E-state index is 11.2. The lowest BCUT2D eigenvalue weighted by atomic mass is 10.1. The molecule has 0 saturated heterocycles. The first-order chi connectivity index (χ1) is 13.7. The van der Waals surface area contributed by atoms with Crippen molar-refractivity contribution in [2.75, 3.05) is 18.4 Å². The van der Waals surface area contributed by atoms with Gasteiger partial charge in [-0.1, -0.05) is 30.3 Å². The van der Waals surface area contributed by atoms with Crippen LogP contribution in [0.3, 0.4) is 0 Å². The number of H-pyrrole nitrogens is 1. The van der Waals surface area contributed by atoms with Gasteiger partial charge in [0.15, 0.2) is 5.96 Å². The molecule has 0 aliphatic heterocycles. The summed E-state index contributed by atoms with van der Waals surface area (Å²) in [5, 5.41) is 10.7. The Kier molecular flexibility index (Phi) is 6.68. The van der Waals surface area contributed by atoms with Gasteiger partial charge in [-0.2, -0.15) is 0 Å². The van der Waals surface area contributed by atoms with E-state index >= 15 is 0 Å². The minimum absolute atomic E-state index is 0.0760. The molecule has 0 bridgehead atoms. The van der Waals surface area contributed by atoms with Crippen molar-refractivity contribution >= 4 is 28.5 Å². The second-order valence-electron chi connectivity index (χ2n) is 6.61. The van der Waals surface area contributed by atoms with Crippen LogP contribution in [0.25, 0.3) is 10.9 Å².